The van der Waals surface area contributed by atoms with Crippen LogP contribution in [0.25, 0.3) is 0 Å². The van der Waals surface area contributed by atoms with Crippen molar-refractivity contribution in [3.63, 3.8) is 0 Å². The lowest BCUT2D eigenvalue weighted by Gasteiger charge is -2.11. The van der Waals surface area contributed by atoms with Gasteiger partial charge in [-0.15, -0.1) is 11.3 Å². The van der Waals surface area contributed by atoms with Crippen LogP contribution in [0, 0.1) is 23.1 Å². The fourth-order valence-corrected chi connectivity index (χ4v) is 4.51. The zero-order valence-electron chi connectivity index (χ0n) is 12.9. The van der Waals surface area contributed by atoms with E-state index in [0.29, 0.717) is 10.6 Å². The number of carbonyl (C=O) groups excluding carboxylic acids is 1. The molecule has 1 aromatic carbocycles. The average molecular weight is 341 g/mol. The summed E-state index contributed by atoms with van der Waals surface area (Å²) in [6, 6.07) is 8.67. The molecule has 1 aromatic heterocycles. The van der Waals surface area contributed by atoms with Gasteiger partial charge in [0.2, 0.25) is 5.91 Å². The predicted molar refractivity (Wildman–Crippen MR) is 90.3 cm³/mol. The molecule has 1 fully saturated rings. The third-order valence-electron chi connectivity index (χ3n) is 4.68. The number of carbonyl (C=O) groups is 1. The fourth-order valence-electron chi connectivity index (χ4n) is 3.34. The van der Waals surface area contributed by atoms with Crippen LogP contribution in [0.3, 0.4) is 0 Å². The first-order valence-electron chi connectivity index (χ1n) is 7.99. The van der Waals surface area contributed by atoms with Crippen molar-refractivity contribution in [3.05, 3.63) is 51.7 Å². The molecule has 0 radical (unpaired) electrons. The number of nitrogens with one attached hydrogen (secondary N) is 2. The van der Waals surface area contributed by atoms with Crippen molar-refractivity contribution in [2.75, 3.05) is 11.9 Å². The third-order valence-corrected chi connectivity index (χ3v) is 5.83. The molecule has 1 aliphatic carbocycles. The molecule has 1 aliphatic heterocycles. The monoisotopic (exact) mass is 341 g/mol. The lowest BCUT2D eigenvalue weighted by atomic mass is 10.0. The van der Waals surface area contributed by atoms with Gasteiger partial charge in [-0.25, -0.2) is 4.39 Å². The molecule has 2 unspecified atom stereocenters. The van der Waals surface area contributed by atoms with E-state index in [0.717, 1.165) is 41.9 Å². The summed E-state index contributed by atoms with van der Waals surface area (Å²) in [6.45, 7) is 1.61. The summed E-state index contributed by atoms with van der Waals surface area (Å²) in [5.74, 6) is -0.422. The second-order valence-corrected chi connectivity index (χ2v) is 7.34. The number of hydrogen-bond acceptors (Lipinski definition) is 4. The number of anilines is 1. The highest BCUT2D eigenvalue weighted by molar-refractivity contribution is 7.16. The third kappa shape index (κ3) is 2.70. The summed E-state index contributed by atoms with van der Waals surface area (Å²) in [7, 11) is 0. The maximum absolute atomic E-state index is 13.3. The van der Waals surface area contributed by atoms with Gasteiger partial charge >= 0.3 is 0 Å². The Bertz CT molecular complexity index is 854. The molecule has 4 nitrogen and oxygen atoms in total. The molecule has 0 saturated heterocycles. The number of hydrogen-bond donors (Lipinski definition) is 2. The lowest BCUT2D eigenvalue weighted by Crippen LogP contribution is -2.22. The summed E-state index contributed by atoms with van der Waals surface area (Å²) in [6.07, 6.45) is 1.55. The number of fused-ring (bicyclic) bond motifs is 1. The molecule has 4 rings (SSSR count). The highest BCUT2D eigenvalue weighted by Gasteiger charge is 2.44. The molecule has 0 spiro atoms. The number of rotatable bonds is 3. The molecule has 1 amide bonds. The van der Waals surface area contributed by atoms with Crippen LogP contribution in [0.2, 0.25) is 0 Å². The number of amides is 1. The van der Waals surface area contributed by atoms with Crippen LogP contribution < -0.4 is 10.6 Å². The number of halogens is 1. The van der Waals surface area contributed by atoms with E-state index in [1.165, 1.54) is 23.5 Å². The smallest absolute Gasteiger partial charge is 0.228 e. The van der Waals surface area contributed by atoms with Crippen molar-refractivity contribution in [3.8, 4) is 6.07 Å². The zero-order valence-corrected chi connectivity index (χ0v) is 13.8. The van der Waals surface area contributed by atoms with Crippen LogP contribution >= 0.6 is 11.3 Å². The summed E-state index contributed by atoms with van der Waals surface area (Å²) in [4.78, 5) is 13.6. The summed E-state index contributed by atoms with van der Waals surface area (Å²) in [5, 5.41) is 16.3. The van der Waals surface area contributed by atoms with Gasteiger partial charge in [0.15, 0.2) is 0 Å². The first-order valence-corrected chi connectivity index (χ1v) is 8.80. The van der Waals surface area contributed by atoms with Crippen LogP contribution in [-0.2, 0) is 17.8 Å². The Hall–Kier alpha value is -2.23. The minimum Gasteiger partial charge on any atom is -0.316 e. The second kappa shape index (κ2) is 6.00. The van der Waals surface area contributed by atoms with Crippen LogP contribution in [0.4, 0.5) is 9.39 Å². The van der Waals surface area contributed by atoms with Crippen molar-refractivity contribution >= 4 is 22.2 Å². The number of thiophene rings is 1. The molecular formula is C18H16FN3OS. The molecule has 2 heterocycles. The predicted octanol–water partition coefficient (Wildman–Crippen LogP) is 3.15. The van der Waals surface area contributed by atoms with Crippen LogP contribution in [0.5, 0.6) is 0 Å². The van der Waals surface area contributed by atoms with Crippen molar-refractivity contribution in [2.24, 2.45) is 5.92 Å². The summed E-state index contributed by atoms with van der Waals surface area (Å²) < 4.78 is 13.3. The molecule has 122 valence electrons. The van der Waals surface area contributed by atoms with Gasteiger partial charge in [-0.05, 0) is 48.6 Å². The Morgan fingerprint density at radius 1 is 1.46 bits per heavy atom. The van der Waals surface area contributed by atoms with Crippen LogP contribution in [0.15, 0.2) is 24.3 Å². The molecule has 1 saturated carbocycles. The summed E-state index contributed by atoms with van der Waals surface area (Å²) in [5.41, 5.74) is 2.53. The number of nitriles is 1. The Morgan fingerprint density at radius 2 is 2.33 bits per heavy atom. The number of benzene rings is 1. The Morgan fingerprint density at radius 3 is 3.12 bits per heavy atom. The number of nitrogens with zero attached hydrogens (tertiary/aromatic N) is 1. The maximum atomic E-state index is 13.3. The van der Waals surface area contributed by atoms with Crippen molar-refractivity contribution in [2.45, 2.75) is 25.3 Å². The van der Waals surface area contributed by atoms with Crippen LogP contribution in [0.1, 0.15) is 33.9 Å². The molecular weight excluding hydrogens is 325 g/mol. The zero-order chi connectivity index (χ0) is 16.7. The molecule has 24 heavy (non-hydrogen) atoms. The SMILES string of the molecule is N#Cc1c(NC(=O)C2CC2c2cccc(F)c2)sc2c1CCNC2. The van der Waals surface area contributed by atoms with Gasteiger partial charge < -0.3 is 10.6 Å². The minimum absolute atomic E-state index is 0.0717. The molecule has 2 aliphatic rings. The highest BCUT2D eigenvalue weighted by atomic mass is 32.1. The molecule has 2 aromatic rings. The van der Waals surface area contributed by atoms with Gasteiger partial charge in [0.05, 0.1) is 5.56 Å². The standard InChI is InChI=1S/C18H16FN3OS/c19-11-3-1-2-10(6-11)13-7-14(13)17(23)22-18-15(8-20)12-4-5-21-9-16(12)24-18/h1-3,6,13-14,21H,4-5,7,9H2,(H,22,23). The van der Waals surface area contributed by atoms with Crippen molar-refractivity contribution in [1.82, 2.24) is 5.32 Å². The van der Waals surface area contributed by atoms with Gasteiger partial charge in [0.25, 0.3) is 0 Å². The van der Waals surface area contributed by atoms with Gasteiger partial charge in [-0.2, -0.15) is 5.26 Å². The van der Waals surface area contributed by atoms with E-state index >= 15 is 0 Å². The van der Waals surface area contributed by atoms with Gasteiger partial charge in [0.1, 0.15) is 16.9 Å². The van der Waals surface area contributed by atoms with E-state index in [2.05, 4.69) is 16.7 Å². The minimum atomic E-state index is -0.274. The summed E-state index contributed by atoms with van der Waals surface area (Å²) >= 11 is 1.48. The molecule has 6 heteroatoms. The van der Waals surface area contributed by atoms with Gasteiger partial charge in [0, 0.05) is 17.3 Å². The maximum Gasteiger partial charge on any atom is 0.228 e. The lowest BCUT2D eigenvalue weighted by molar-refractivity contribution is -0.117. The Kier molecular flexibility index (Phi) is 3.83. The van der Waals surface area contributed by atoms with Crippen molar-refractivity contribution in [1.29, 1.82) is 5.26 Å². The molecule has 2 N–H and O–H groups in total. The molecule has 2 atom stereocenters. The molecule has 0 bridgehead atoms. The quantitative estimate of drug-likeness (QED) is 0.901. The fraction of sp³-hybridized carbons (Fsp3) is 0.333. The Balaban J connectivity index is 1.50. The van der Waals surface area contributed by atoms with E-state index in [1.54, 1.807) is 6.07 Å². The van der Waals surface area contributed by atoms with E-state index < -0.39 is 0 Å². The average Bonchev–Trinajstić information content (AvgIpc) is 3.31. The van der Waals surface area contributed by atoms with E-state index in [1.807, 2.05) is 6.07 Å². The van der Waals surface area contributed by atoms with Crippen molar-refractivity contribution < 1.29 is 9.18 Å². The Labute approximate surface area is 143 Å². The normalized spacial score (nSPS) is 21.7. The van der Waals surface area contributed by atoms with E-state index in [9.17, 15) is 14.4 Å². The largest absolute Gasteiger partial charge is 0.316 e. The first-order chi connectivity index (χ1) is 11.7. The second-order valence-electron chi connectivity index (χ2n) is 6.24. The first kappa shape index (κ1) is 15.3. The van der Waals surface area contributed by atoms with Crippen LogP contribution in [-0.4, -0.2) is 12.5 Å². The van der Waals surface area contributed by atoms with E-state index in [-0.39, 0.29) is 23.6 Å². The van der Waals surface area contributed by atoms with Gasteiger partial charge in [-0.3, -0.25) is 4.79 Å². The topological polar surface area (TPSA) is 64.9 Å². The highest BCUT2D eigenvalue weighted by Crippen LogP contribution is 2.48. The van der Waals surface area contributed by atoms with Gasteiger partial charge in [-0.1, -0.05) is 12.1 Å². The van der Waals surface area contributed by atoms with E-state index in [4.69, 9.17) is 0 Å².